The number of hydrogen-bond acceptors (Lipinski definition) is 5. The van der Waals surface area contributed by atoms with E-state index in [0.29, 0.717) is 36.7 Å². The van der Waals surface area contributed by atoms with Crippen LogP contribution in [-0.2, 0) is 21.2 Å². The lowest BCUT2D eigenvalue weighted by Crippen LogP contribution is -2.37. The Morgan fingerprint density at radius 3 is 2.48 bits per heavy atom. The Hall–Kier alpha value is -2.74. The van der Waals surface area contributed by atoms with E-state index in [1.54, 1.807) is 35.2 Å². The van der Waals surface area contributed by atoms with Gasteiger partial charge in [0.15, 0.2) is 0 Å². The molecule has 2 aromatic carbocycles. The zero-order valence-electron chi connectivity index (χ0n) is 17.1. The summed E-state index contributed by atoms with van der Waals surface area (Å²) in [7, 11) is -1.01. The summed E-state index contributed by atoms with van der Waals surface area (Å²) in [6.07, 6.45) is 1.00. The summed E-state index contributed by atoms with van der Waals surface area (Å²) in [4.78, 5) is 14.1. The molecule has 0 saturated heterocycles. The van der Waals surface area contributed by atoms with E-state index < -0.39 is 10.0 Å². The summed E-state index contributed by atoms with van der Waals surface area (Å²) < 4.78 is 38.9. The summed E-state index contributed by atoms with van der Waals surface area (Å²) >= 11 is 0. The van der Waals surface area contributed by atoms with Gasteiger partial charge in [0, 0.05) is 30.4 Å². The lowest BCUT2D eigenvalue weighted by molar-refractivity contribution is -0.119. The third kappa shape index (κ3) is 4.48. The van der Waals surface area contributed by atoms with Crippen molar-refractivity contribution in [3.05, 3.63) is 42.0 Å². The Balaban J connectivity index is 1.92. The highest BCUT2D eigenvalue weighted by Gasteiger charge is 2.26. The van der Waals surface area contributed by atoms with Crippen LogP contribution in [0.4, 0.5) is 11.4 Å². The molecule has 1 aliphatic rings. The summed E-state index contributed by atoms with van der Waals surface area (Å²) in [6.45, 7) is 4.76. The summed E-state index contributed by atoms with van der Waals surface area (Å²) in [6, 6.07) is 9.87. The third-order valence-electron chi connectivity index (χ3n) is 4.74. The van der Waals surface area contributed by atoms with Gasteiger partial charge in [-0.15, -0.1) is 0 Å². The zero-order valence-corrected chi connectivity index (χ0v) is 17.9. The molecule has 156 valence electrons. The van der Waals surface area contributed by atoms with Gasteiger partial charge in [-0.3, -0.25) is 9.52 Å². The maximum absolute atomic E-state index is 13.0. The van der Waals surface area contributed by atoms with E-state index >= 15 is 0 Å². The van der Waals surface area contributed by atoms with E-state index in [0.717, 1.165) is 11.3 Å². The van der Waals surface area contributed by atoms with Crippen LogP contribution in [0.25, 0.3) is 0 Å². The molecule has 1 N–H and O–H groups in total. The second-order valence-corrected chi connectivity index (χ2v) is 9.01. The zero-order chi connectivity index (χ0) is 21.2. The molecule has 0 saturated carbocycles. The Bertz CT molecular complexity index is 1020. The summed E-state index contributed by atoms with van der Waals surface area (Å²) in [5.41, 5.74) is 2.23. The maximum atomic E-state index is 13.0. The normalized spacial score (nSPS) is 14.0. The standard InChI is InChI=1S/C21H26N2O5S/c1-14(2)13-23-18-8-6-16(11-15(18)5-10-21(23)24)22-29(25,26)20-12-17(27-3)7-9-19(20)28-4/h6-9,11-12,14,22H,5,10,13H2,1-4H3. The van der Waals surface area contributed by atoms with Crippen molar-refractivity contribution in [2.24, 2.45) is 5.92 Å². The van der Waals surface area contributed by atoms with Gasteiger partial charge >= 0.3 is 0 Å². The van der Waals surface area contributed by atoms with E-state index in [1.807, 2.05) is 0 Å². The third-order valence-corrected chi connectivity index (χ3v) is 6.14. The van der Waals surface area contributed by atoms with Crippen LogP contribution in [0.5, 0.6) is 11.5 Å². The average molecular weight is 419 g/mol. The number of anilines is 2. The van der Waals surface area contributed by atoms with Gasteiger partial charge in [-0.05, 0) is 48.2 Å². The van der Waals surface area contributed by atoms with Crippen LogP contribution in [0.15, 0.2) is 41.3 Å². The maximum Gasteiger partial charge on any atom is 0.265 e. The van der Waals surface area contributed by atoms with Crippen LogP contribution in [-0.4, -0.2) is 35.1 Å². The highest BCUT2D eigenvalue weighted by atomic mass is 32.2. The first-order chi connectivity index (χ1) is 13.7. The van der Waals surface area contributed by atoms with Crippen LogP contribution < -0.4 is 19.1 Å². The number of nitrogens with zero attached hydrogens (tertiary/aromatic N) is 1. The number of aryl methyl sites for hydroxylation is 1. The first-order valence-electron chi connectivity index (χ1n) is 9.43. The Morgan fingerprint density at radius 1 is 1.07 bits per heavy atom. The fraction of sp³-hybridized carbons (Fsp3) is 0.381. The van der Waals surface area contributed by atoms with Crippen molar-refractivity contribution in [2.45, 2.75) is 31.6 Å². The number of carbonyl (C=O) groups excluding carboxylic acids is 1. The van der Waals surface area contributed by atoms with Crippen molar-refractivity contribution >= 4 is 27.3 Å². The summed E-state index contributed by atoms with van der Waals surface area (Å²) in [5.74, 6) is 1.08. The molecule has 7 nitrogen and oxygen atoms in total. The molecule has 29 heavy (non-hydrogen) atoms. The monoisotopic (exact) mass is 418 g/mol. The van der Waals surface area contributed by atoms with Crippen LogP contribution in [0, 0.1) is 5.92 Å². The molecule has 0 spiro atoms. The molecule has 0 radical (unpaired) electrons. The molecule has 0 fully saturated rings. The van der Waals surface area contributed by atoms with Gasteiger partial charge in [0.05, 0.1) is 14.2 Å². The van der Waals surface area contributed by atoms with Crippen molar-refractivity contribution in [3.63, 3.8) is 0 Å². The number of hydrogen-bond donors (Lipinski definition) is 1. The number of carbonyl (C=O) groups is 1. The fourth-order valence-corrected chi connectivity index (χ4v) is 4.63. The molecule has 1 amide bonds. The smallest absolute Gasteiger partial charge is 0.265 e. The minimum atomic E-state index is -3.89. The molecule has 0 unspecified atom stereocenters. The first-order valence-corrected chi connectivity index (χ1v) is 10.9. The van der Waals surface area contributed by atoms with Gasteiger partial charge in [-0.1, -0.05) is 13.8 Å². The number of amides is 1. The van der Waals surface area contributed by atoms with Crippen molar-refractivity contribution in [3.8, 4) is 11.5 Å². The molecule has 1 heterocycles. The van der Waals surface area contributed by atoms with Gasteiger partial charge < -0.3 is 14.4 Å². The minimum Gasteiger partial charge on any atom is -0.497 e. The molecular weight excluding hydrogens is 392 g/mol. The quantitative estimate of drug-likeness (QED) is 0.745. The number of sulfonamides is 1. The van der Waals surface area contributed by atoms with E-state index in [4.69, 9.17) is 9.47 Å². The molecule has 2 aromatic rings. The number of benzene rings is 2. The molecule has 8 heteroatoms. The largest absolute Gasteiger partial charge is 0.497 e. The summed E-state index contributed by atoms with van der Waals surface area (Å²) in [5, 5.41) is 0. The SMILES string of the molecule is COc1ccc(OC)c(S(=O)(=O)Nc2ccc3c(c2)CCC(=O)N3CC(C)C)c1. The molecular formula is C21H26N2O5S. The molecule has 3 rings (SSSR count). The molecule has 0 aromatic heterocycles. The van der Waals surface area contributed by atoms with Crippen LogP contribution in [0.1, 0.15) is 25.8 Å². The predicted molar refractivity (Wildman–Crippen MR) is 112 cm³/mol. The molecule has 1 aliphatic heterocycles. The molecule has 0 aliphatic carbocycles. The van der Waals surface area contributed by atoms with Crippen molar-refractivity contribution in [1.29, 1.82) is 0 Å². The van der Waals surface area contributed by atoms with Crippen LogP contribution in [0.2, 0.25) is 0 Å². The van der Waals surface area contributed by atoms with E-state index in [2.05, 4.69) is 18.6 Å². The molecule has 0 atom stereocenters. The second kappa shape index (κ2) is 8.32. The van der Waals surface area contributed by atoms with E-state index in [1.165, 1.54) is 20.3 Å². The number of methoxy groups -OCH3 is 2. The number of nitrogens with one attached hydrogen (secondary N) is 1. The van der Waals surface area contributed by atoms with Crippen molar-refractivity contribution < 1.29 is 22.7 Å². The van der Waals surface area contributed by atoms with E-state index in [9.17, 15) is 13.2 Å². The fourth-order valence-electron chi connectivity index (χ4n) is 3.39. The topological polar surface area (TPSA) is 84.9 Å². The Labute approximate surface area is 171 Å². The van der Waals surface area contributed by atoms with Crippen molar-refractivity contribution in [1.82, 2.24) is 0 Å². The highest BCUT2D eigenvalue weighted by molar-refractivity contribution is 7.92. The lowest BCUT2D eigenvalue weighted by Gasteiger charge is -2.31. The molecule has 0 bridgehead atoms. The van der Waals surface area contributed by atoms with Gasteiger partial charge in [0.2, 0.25) is 5.91 Å². The Morgan fingerprint density at radius 2 is 1.83 bits per heavy atom. The lowest BCUT2D eigenvalue weighted by atomic mass is 9.99. The van der Waals surface area contributed by atoms with Crippen LogP contribution >= 0.6 is 0 Å². The van der Waals surface area contributed by atoms with Gasteiger partial charge in [-0.25, -0.2) is 8.42 Å². The second-order valence-electron chi connectivity index (χ2n) is 7.36. The van der Waals surface area contributed by atoms with Gasteiger partial charge in [0.25, 0.3) is 10.0 Å². The number of fused-ring (bicyclic) bond motifs is 1. The predicted octanol–water partition coefficient (Wildman–Crippen LogP) is 3.44. The van der Waals surface area contributed by atoms with E-state index in [-0.39, 0.29) is 16.6 Å². The number of rotatable bonds is 7. The minimum absolute atomic E-state index is 0.00585. The highest BCUT2D eigenvalue weighted by Crippen LogP contribution is 2.33. The van der Waals surface area contributed by atoms with Gasteiger partial charge in [-0.2, -0.15) is 0 Å². The Kier molecular flexibility index (Phi) is 6.02. The number of ether oxygens (including phenoxy) is 2. The average Bonchev–Trinajstić information content (AvgIpc) is 2.69. The van der Waals surface area contributed by atoms with Gasteiger partial charge in [0.1, 0.15) is 16.4 Å². The van der Waals surface area contributed by atoms with Crippen molar-refractivity contribution in [2.75, 3.05) is 30.4 Å². The van der Waals surface area contributed by atoms with Crippen LogP contribution in [0.3, 0.4) is 0 Å². The first kappa shape index (κ1) is 21.0.